The maximum atomic E-state index is 12.7. The molecule has 1 aromatic carbocycles. The van der Waals surface area contributed by atoms with Crippen LogP contribution in [0.4, 0.5) is 0 Å². The molecule has 0 amide bonds. The summed E-state index contributed by atoms with van der Waals surface area (Å²) < 4.78 is 26.3. The Hall–Kier alpha value is -0.820. The smallest absolute Gasteiger partial charge is 0.324 e. The second-order valence-electron chi connectivity index (χ2n) is 4.81. The molecule has 20 heavy (non-hydrogen) atoms. The van der Waals surface area contributed by atoms with E-state index in [9.17, 15) is 18.3 Å². The first-order chi connectivity index (χ1) is 9.21. The maximum Gasteiger partial charge on any atom is 0.324 e. The van der Waals surface area contributed by atoms with Gasteiger partial charge in [0.15, 0.2) is 0 Å². The molecule has 0 radical (unpaired) electrons. The molecule has 0 saturated carbocycles. The molecule has 5 nitrogen and oxygen atoms in total. The van der Waals surface area contributed by atoms with Crippen molar-refractivity contribution in [3.8, 4) is 0 Å². The van der Waals surface area contributed by atoms with Crippen LogP contribution in [-0.4, -0.2) is 35.9 Å². The van der Waals surface area contributed by atoms with Gasteiger partial charge in [-0.1, -0.05) is 29.3 Å². The van der Waals surface area contributed by atoms with E-state index in [2.05, 4.69) is 0 Å². The van der Waals surface area contributed by atoms with E-state index in [-0.39, 0.29) is 27.9 Å². The number of hydrogen-bond acceptors (Lipinski definition) is 3. The molecule has 0 aromatic heterocycles. The number of carboxylic acid groups (broad SMARTS) is 1. The Morgan fingerprint density at radius 1 is 1.35 bits per heavy atom. The Balaban J connectivity index is 2.59. The number of carboxylic acids is 1. The minimum Gasteiger partial charge on any atom is -0.480 e. The highest BCUT2D eigenvalue weighted by atomic mass is 35.5. The molecule has 1 fully saturated rings. The molecule has 1 heterocycles. The Morgan fingerprint density at radius 2 is 1.90 bits per heavy atom. The van der Waals surface area contributed by atoms with Gasteiger partial charge in [-0.05, 0) is 31.9 Å². The Kier molecular flexibility index (Phi) is 4.03. The first-order valence-electron chi connectivity index (χ1n) is 5.91. The quantitative estimate of drug-likeness (QED) is 0.919. The van der Waals surface area contributed by atoms with Crippen molar-refractivity contribution >= 4 is 39.2 Å². The molecule has 0 bridgehead atoms. The van der Waals surface area contributed by atoms with E-state index in [1.807, 2.05) is 0 Å². The lowest BCUT2D eigenvalue weighted by atomic mass is 10.0. The zero-order valence-electron chi connectivity index (χ0n) is 10.6. The van der Waals surface area contributed by atoms with E-state index in [4.69, 9.17) is 23.2 Å². The highest BCUT2D eigenvalue weighted by molar-refractivity contribution is 7.89. The predicted octanol–water partition coefficient (Wildman–Crippen LogP) is 2.62. The first-order valence-corrected chi connectivity index (χ1v) is 8.11. The average Bonchev–Trinajstić information content (AvgIpc) is 2.73. The van der Waals surface area contributed by atoms with Crippen molar-refractivity contribution in [1.29, 1.82) is 0 Å². The van der Waals surface area contributed by atoms with Crippen LogP contribution in [0.3, 0.4) is 0 Å². The molecular formula is C12H13Cl2NO4S. The van der Waals surface area contributed by atoms with Crippen molar-refractivity contribution in [1.82, 2.24) is 4.31 Å². The van der Waals surface area contributed by atoms with Crippen LogP contribution in [0.15, 0.2) is 23.1 Å². The number of halogens is 2. The molecule has 110 valence electrons. The van der Waals surface area contributed by atoms with E-state index in [0.29, 0.717) is 6.42 Å². The first kappa shape index (κ1) is 15.6. The molecule has 0 aliphatic carbocycles. The van der Waals surface area contributed by atoms with E-state index >= 15 is 0 Å². The van der Waals surface area contributed by atoms with E-state index in [1.165, 1.54) is 25.1 Å². The molecular weight excluding hydrogens is 325 g/mol. The molecule has 0 spiro atoms. The zero-order chi connectivity index (χ0) is 15.1. The van der Waals surface area contributed by atoms with Crippen molar-refractivity contribution in [2.24, 2.45) is 0 Å². The Bertz CT molecular complexity index is 641. The van der Waals surface area contributed by atoms with Crippen molar-refractivity contribution in [2.45, 2.75) is 30.2 Å². The Morgan fingerprint density at radius 3 is 2.40 bits per heavy atom. The predicted molar refractivity (Wildman–Crippen MR) is 75.6 cm³/mol. The van der Waals surface area contributed by atoms with Gasteiger partial charge >= 0.3 is 5.97 Å². The van der Waals surface area contributed by atoms with Crippen LogP contribution < -0.4 is 0 Å². The van der Waals surface area contributed by atoms with Crippen LogP contribution in [0.5, 0.6) is 0 Å². The van der Waals surface area contributed by atoms with Crippen molar-refractivity contribution in [3.63, 3.8) is 0 Å². The van der Waals surface area contributed by atoms with E-state index in [1.54, 1.807) is 0 Å². The summed E-state index contributed by atoms with van der Waals surface area (Å²) in [5.74, 6) is -1.18. The number of sulfonamides is 1. The van der Waals surface area contributed by atoms with Gasteiger partial charge in [0.05, 0.1) is 10.0 Å². The highest BCUT2D eigenvalue weighted by Gasteiger charge is 2.50. The van der Waals surface area contributed by atoms with Crippen LogP contribution in [0.1, 0.15) is 19.8 Å². The minimum atomic E-state index is -4.06. The lowest BCUT2D eigenvalue weighted by Gasteiger charge is -2.30. The standard InChI is InChI=1S/C12H13Cl2NO4S/c1-12(11(16)17)6-3-7-15(12)20(18,19)10-8(13)4-2-5-9(10)14/h2,4-5H,3,6-7H2,1H3,(H,16,17). The molecule has 8 heteroatoms. The minimum absolute atomic E-state index is 0.0165. The second kappa shape index (κ2) is 5.18. The molecule has 2 rings (SSSR count). The number of carbonyl (C=O) groups is 1. The van der Waals surface area contributed by atoms with Gasteiger partial charge in [-0.15, -0.1) is 0 Å². The van der Waals surface area contributed by atoms with Crippen LogP contribution in [0.25, 0.3) is 0 Å². The maximum absolute atomic E-state index is 12.7. The van der Waals surface area contributed by atoms with Crippen LogP contribution in [0.2, 0.25) is 10.0 Å². The van der Waals surface area contributed by atoms with Gasteiger partial charge in [-0.3, -0.25) is 4.79 Å². The lowest BCUT2D eigenvalue weighted by Crippen LogP contribution is -2.50. The summed E-state index contributed by atoms with van der Waals surface area (Å²) in [5, 5.41) is 9.29. The number of benzene rings is 1. The fourth-order valence-electron chi connectivity index (χ4n) is 2.38. The van der Waals surface area contributed by atoms with Crippen molar-refractivity contribution < 1.29 is 18.3 Å². The van der Waals surface area contributed by atoms with Crippen molar-refractivity contribution in [3.05, 3.63) is 28.2 Å². The topological polar surface area (TPSA) is 74.7 Å². The summed E-state index contributed by atoms with van der Waals surface area (Å²) in [6, 6.07) is 4.35. The van der Waals surface area contributed by atoms with Gasteiger partial charge in [-0.25, -0.2) is 8.42 Å². The largest absolute Gasteiger partial charge is 0.480 e. The van der Waals surface area contributed by atoms with Gasteiger partial charge in [0.2, 0.25) is 10.0 Å². The summed E-state index contributed by atoms with van der Waals surface area (Å²) in [5.41, 5.74) is -1.47. The van der Waals surface area contributed by atoms with Gasteiger partial charge in [-0.2, -0.15) is 4.31 Å². The number of nitrogens with zero attached hydrogens (tertiary/aromatic N) is 1. The molecule has 1 atom stereocenters. The lowest BCUT2D eigenvalue weighted by molar-refractivity contribution is -0.146. The van der Waals surface area contributed by atoms with Gasteiger partial charge in [0, 0.05) is 6.54 Å². The zero-order valence-corrected chi connectivity index (χ0v) is 13.0. The van der Waals surface area contributed by atoms with Crippen LogP contribution >= 0.6 is 23.2 Å². The second-order valence-corrected chi connectivity index (χ2v) is 7.42. The van der Waals surface area contributed by atoms with Gasteiger partial charge < -0.3 is 5.11 Å². The van der Waals surface area contributed by atoms with Crippen LogP contribution in [-0.2, 0) is 14.8 Å². The third kappa shape index (κ3) is 2.30. The third-order valence-corrected chi connectivity index (χ3v) is 6.48. The Labute approximate surface area is 127 Å². The summed E-state index contributed by atoms with van der Waals surface area (Å²) in [6.45, 7) is 1.53. The van der Waals surface area contributed by atoms with E-state index < -0.39 is 21.5 Å². The summed E-state index contributed by atoms with van der Waals surface area (Å²) in [6.07, 6.45) is 0.730. The number of rotatable bonds is 3. The number of hydrogen-bond donors (Lipinski definition) is 1. The fourth-order valence-corrected chi connectivity index (χ4v) is 5.28. The normalized spacial score (nSPS) is 23.9. The third-order valence-electron chi connectivity index (χ3n) is 3.50. The van der Waals surface area contributed by atoms with Crippen LogP contribution in [0, 0.1) is 0 Å². The van der Waals surface area contributed by atoms with Crippen molar-refractivity contribution in [2.75, 3.05) is 6.54 Å². The molecule has 1 unspecified atom stereocenters. The summed E-state index contributed by atoms with van der Waals surface area (Å²) in [7, 11) is -4.06. The molecule has 1 aliphatic rings. The average molecular weight is 338 g/mol. The summed E-state index contributed by atoms with van der Waals surface area (Å²) >= 11 is 11.9. The molecule has 1 aliphatic heterocycles. The SMILES string of the molecule is CC1(C(=O)O)CCCN1S(=O)(=O)c1c(Cl)cccc1Cl. The monoisotopic (exact) mass is 337 g/mol. The molecule has 1 aromatic rings. The van der Waals surface area contributed by atoms with Gasteiger partial charge in [0.25, 0.3) is 0 Å². The number of aliphatic carboxylic acids is 1. The van der Waals surface area contributed by atoms with Gasteiger partial charge in [0.1, 0.15) is 10.4 Å². The summed E-state index contributed by atoms with van der Waals surface area (Å²) in [4.78, 5) is 11.2. The molecule has 1 saturated heterocycles. The van der Waals surface area contributed by atoms with E-state index in [0.717, 1.165) is 4.31 Å². The highest BCUT2D eigenvalue weighted by Crippen LogP contribution is 2.39. The molecule has 1 N–H and O–H groups in total. The fraction of sp³-hybridized carbons (Fsp3) is 0.417.